The van der Waals surface area contributed by atoms with E-state index in [2.05, 4.69) is 15.3 Å². The fraction of sp³-hybridized carbons (Fsp3) is 0.182. The first kappa shape index (κ1) is 11.1. The van der Waals surface area contributed by atoms with Crippen molar-refractivity contribution in [3.63, 3.8) is 0 Å². The van der Waals surface area contributed by atoms with Crippen molar-refractivity contribution in [2.45, 2.75) is 13.0 Å². The van der Waals surface area contributed by atoms with Gasteiger partial charge in [-0.25, -0.2) is 14.8 Å². The van der Waals surface area contributed by atoms with E-state index in [0.29, 0.717) is 0 Å². The summed E-state index contributed by atoms with van der Waals surface area (Å²) in [4.78, 5) is 18.5. The Bertz CT molecular complexity index is 510. The number of carbonyl (C=O) groups is 1. The molecule has 2 rings (SSSR count). The molecule has 6 nitrogen and oxygen atoms in total. The molecule has 0 radical (unpaired) electrons. The molecule has 2 aromatic heterocycles. The lowest BCUT2D eigenvalue weighted by atomic mass is 10.2. The molecule has 1 atom stereocenters. The van der Waals surface area contributed by atoms with Crippen LogP contribution in [0.2, 0.25) is 0 Å². The minimum Gasteiger partial charge on any atom is -0.477 e. The average Bonchev–Trinajstić information content (AvgIpc) is 2.82. The Kier molecular flexibility index (Phi) is 3.04. The number of nitrogens with zero attached hydrogens (tertiary/aromatic N) is 2. The molecule has 17 heavy (non-hydrogen) atoms. The first-order valence-electron chi connectivity index (χ1n) is 5.03. The van der Waals surface area contributed by atoms with Crippen molar-refractivity contribution in [2.75, 3.05) is 5.32 Å². The molecule has 6 heteroatoms. The lowest BCUT2D eigenvalue weighted by Crippen LogP contribution is -2.11. The highest BCUT2D eigenvalue weighted by molar-refractivity contribution is 5.85. The number of furan rings is 1. The van der Waals surface area contributed by atoms with Crippen molar-refractivity contribution < 1.29 is 14.3 Å². The van der Waals surface area contributed by atoms with E-state index < -0.39 is 5.97 Å². The highest BCUT2D eigenvalue weighted by atomic mass is 16.4. The summed E-state index contributed by atoms with van der Waals surface area (Å²) in [7, 11) is 0. The van der Waals surface area contributed by atoms with Crippen molar-refractivity contribution in [3.05, 3.63) is 42.1 Å². The van der Waals surface area contributed by atoms with Crippen LogP contribution in [-0.2, 0) is 0 Å². The van der Waals surface area contributed by atoms with Crippen molar-refractivity contribution in [3.8, 4) is 0 Å². The molecule has 0 saturated heterocycles. The van der Waals surface area contributed by atoms with Crippen LogP contribution in [0.4, 0.5) is 5.95 Å². The van der Waals surface area contributed by atoms with E-state index >= 15 is 0 Å². The number of nitrogens with one attached hydrogen (secondary N) is 1. The summed E-state index contributed by atoms with van der Waals surface area (Å²) < 4.78 is 5.21. The van der Waals surface area contributed by atoms with Crippen molar-refractivity contribution in [2.24, 2.45) is 0 Å². The number of rotatable bonds is 4. The monoisotopic (exact) mass is 233 g/mol. The topological polar surface area (TPSA) is 88.2 Å². The summed E-state index contributed by atoms with van der Waals surface area (Å²) in [5.74, 6) is -0.0933. The molecule has 2 N–H and O–H groups in total. The van der Waals surface area contributed by atoms with Gasteiger partial charge in [0, 0.05) is 6.20 Å². The highest BCUT2D eigenvalue weighted by Crippen LogP contribution is 2.16. The van der Waals surface area contributed by atoms with Gasteiger partial charge in [-0.15, -0.1) is 0 Å². The zero-order valence-electron chi connectivity index (χ0n) is 9.12. The SMILES string of the molecule is CC(Nc1nccc(C(=O)O)n1)c1ccco1. The number of aromatic nitrogens is 2. The first-order chi connectivity index (χ1) is 8.16. The molecular formula is C11H11N3O3. The van der Waals surface area contributed by atoms with Crippen LogP contribution in [-0.4, -0.2) is 21.0 Å². The summed E-state index contributed by atoms with van der Waals surface area (Å²) in [6, 6.07) is 4.81. The third-order valence-corrected chi connectivity index (χ3v) is 2.19. The zero-order chi connectivity index (χ0) is 12.3. The largest absolute Gasteiger partial charge is 0.477 e. The molecule has 0 aliphatic heterocycles. The van der Waals surface area contributed by atoms with Gasteiger partial charge in [0.15, 0.2) is 5.69 Å². The minimum atomic E-state index is -1.08. The summed E-state index contributed by atoms with van der Waals surface area (Å²) in [6.45, 7) is 1.87. The predicted molar refractivity (Wildman–Crippen MR) is 59.7 cm³/mol. The van der Waals surface area contributed by atoms with Crippen LogP contribution in [0, 0.1) is 0 Å². The van der Waals surface area contributed by atoms with E-state index in [4.69, 9.17) is 9.52 Å². The van der Waals surface area contributed by atoms with Crippen LogP contribution in [0.15, 0.2) is 35.1 Å². The van der Waals surface area contributed by atoms with Gasteiger partial charge in [-0.2, -0.15) is 0 Å². The van der Waals surface area contributed by atoms with Crippen molar-refractivity contribution in [1.82, 2.24) is 9.97 Å². The second kappa shape index (κ2) is 4.65. The van der Waals surface area contributed by atoms with Crippen LogP contribution in [0.3, 0.4) is 0 Å². The molecule has 0 spiro atoms. The summed E-state index contributed by atoms with van der Waals surface area (Å²) in [6.07, 6.45) is 2.97. The fourth-order valence-corrected chi connectivity index (χ4v) is 1.35. The van der Waals surface area contributed by atoms with Crippen LogP contribution < -0.4 is 5.32 Å². The molecule has 0 fully saturated rings. The Labute approximate surface area is 97.3 Å². The van der Waals surface area contributed by atoms with Gasteiger partial charge in [0.1, 0.15) is 5.76 Å². The second-order valence-corrected chi connectivity index (χ2v) is 3.45. The van der Waals surface area contributed by atoms with E-state index in [9.17, 15) is 4.79 Å². The lowest BCUT2D eigenvalue weighted by molar-refractivity contribution is 0.0690. The first-order valence-corrected chi connectivity index (χ1v) is 5.03. The molecule has 88 valence electrons. The number of hydrogen-bond donors (Lipinski definition) is 2. The van der Waals surface area contributed by atoms with E-state index in [0.717, 1.165) is 5.76 Å². The quantitative estimate of drug-likeness (QED) is 0.838. The van der Waals surface area contributed by atoms with Gasteiger partial charge < -0.3 is 14.8 Å². The standard InChI is InChI=1S/C11H11N3O3/c1-7(9-3-2-6-17-9)13-11-12-5-4-8(14-11)10(15)16/h2-7H,1H3,(H,15,16)(H,12,13,14). The molecule has 0 bridgehead atoms. The molecule has 0 saturated carbocycles. The van der Waals surface area contributed by atoms with Gasteiger partial charge in [0.25, 0.3) is 0 Å². The Morgan fingerprint density at radius 1 is 1.53 bits per heavy atom. The van der Waals surface area contributed by atoms with Gasteiger partial charge >= 0.3 is 5.97 Å². The lowest BCUT2D eigenvalue weighted by Gasteiger charge is -2.10. The van der Waals surface area contributed by atoms with Crippen molar-refractivity contribution in [1.29, 1.82) is 0 Å². The third-order valence-electron chi connectivity index (χ3n) is 2.19. The fourth-order valence-electron chi connectivity index (χ4n) is 1.35. The van der Waals surface area contributed by atoms with E-state index in [1.54, 1.807) is 12.3 Å². The summed E-state index contributed by atoms with van der Waals surface area (Å²) in [5, 5.41) is 11.8. The van der Waals surface area contributed by atoms with E-state index in [1.807, 2.05) is 13.0 Å². The highest BCUT2D eigenvalue weighted by Gasteiger charge is 2.11. The van der Waals surface area contributed by atoms with Gasteiger partial charge in [-0.3, -0.25) is 0 Å². The number of hydrogen-bond acceptors (Lipinski definition) is 5. The summed E-state index contributed by atoms with van der Waals surface area (Å²) in [5.41, 5.74) is -0.0471. The molecular weight excluding hydrogens is 222 g/mol. The number of carboxylic acids is 1. The van der Waals surface area contributed by atoms with Gasteiger partial charge in [-0.05, 0) is 25.1 Å². The van der Waals surface area contributed by atoms with Gasteiger partial charge in [-0.1, -0.05) is 0 Å². The smallest absolute Gasteiger partial charge is 0.354 e. The van der Waals surface area contributed by atoms with Crippen LogP contribution in [0.25, 0.3) is 0 Å². The molecule has 1 unspecified atom stereocenters. The molecule has 0 aromatic carbocycles. The maximum Gasteiger partial charge on any atom is 0.354 e. The van der Waals surface area contributed by atoms with E-state index in [-0.39, 0.29) is 17.7 Å². The zero-order valence-corrected chi connectivity index (χ0v) is 9.12. The van der Waals surface area contributed by atoms with Gasteiger partial charge in [0.2, 0.25) is 5.95 Å². The Morgan fingerprint density at radius 3 is 3.00 bits per heavy atom. The normalized spacial score (nSPS) is 12.1. The number of carboxylic acid groups (broad SMARTS) is 1. The molecule has 0 aliphatic rings. The number of anilines is 1. The Hall–Kier alpha value is -2.37. The molecule has 0 aliphatic carbocycles. The minimum absolute atomic E-state index is 0.0471. The van der Waals surface area contributed by atoms with Crippen LogP contribution in [0.5, 0.6) is 0 Å². The second-order valence-electron chi connectivity index (χ2n) is 3.45. The average molecular weight is 233 g/mol. The number of aromatic carboxylic acids is 1. The van der Waals surface area contributed by atoms with E-state index in [1.165, 1.54) is 12.3 Å². The maximum absolute atomic E-state index is 10.7. The molecule has 0 amide bonds. The van der Waals surface area contributed by atoms with Crippen molar-refractivity contribution >= 4 is 11.9 Å². The van der Waals surface area contributed by atoms with Gasteiger partial charge in [0.05, 0.1) is 12.3 Å². The Balaban J connectivity index is 2.13. The molecule has 2 aromatic rings. The maximum atomic E-state index is 10.7. The third kappa shape index (κ3) is 2.60. The Morgan fingerprint density at radius 2 is 2.35 bits per heavy atom. The molecule has 2 heterocycles. The summed E-state index contributed by atoms with van der Waals surface area (Å²) >= 11 is 0. The predicted octanol–water partition coefficient (Wildman–Crippen LogP) is 1.94. The van der Waals surface area contributed by atoms with Crippen LogP contribution in [0.1, 0.15) is 29.2 Å². The van der Waals surface area contributed by atoms with Crippen LogP contribution >= 0.6 is 0 Å².